The number of carbonyl (C=O) groups is 2. The van der Waals surface area contributed by atoms with Crippen molar-refractivity contribution in [3.63, 3.8) is 0 Å². The number of anilines is 1. The van der Waals surface area contributed by atoms with Gasteiger partial charge in [0.05, 0.1) is 11.1 Å². The maximum absolute atomic E-state index is 13.3. The van der Waals surface area contributed by atoms with E-state index in [1.807, 2.05) is 42.5 Å². The highest BCUT2D eigenvalue weighted by molar-refractivity contribution is 6.31. The molecule has 5 nitrogen and oxygen atoms in total. The fourth-order valence-corrected chi connectivity index (χ4v) is 5.02. The first-order valence-corrected chi connectivity index (χ1v) is 13.8. The van der Waals surface area contributed by atoms with E-state index in [9.17, 15) is 27.9 Å². The lowest BCUT2D eigenvalue weighted by atomic mass is 9.99. The van der Waals surface area contributed by atoms with Crippen LogP contribution in [0.5, 0.6) is 0 Å². The Morgan fingerprint density at radius 1 is 0.814 bits per heavy atom. The van der Waals surface area contributed by atoms with Crippen molar-refractivity contribution < 1.29 is 27.9 Å². The number of carboxylic acid groups (broad SMARTS) is 1. The number of carboxylic acids is 1. The molecule has 0 fully saturated rings. The third-order valence-corrected chi connectivity index (χ3v) is 7.35. The van der Waals surface area contributed by atoms with Gasteiger partial charge in [0.15, 0.2) is 0 Å². The summed E-state index contributed by atoms with van der Waals surface area (Å²) in [6.45, 7) is 0.427. The Labute approximate surface area is 250 Å². The van der Waals surface area contributed by atoms with Crippen LogP contribution in [0, 0.1) is 0 Å². The summed E-state index contributed by atoms with van der Waals surface area (Å²) < 4.78 is 38.6. The average Bonchev–Trinajstić information content (AvgIpc) is 3.00. The van der Waals surface area contributed by atoms with E-state index in [-0.39, 0.29) is 12.0 Å². The van der Waals surface area contributed by atoms with Gasteiger partial charge >= 0.3 is 12.1 Å². The van der Waals surface area contributed by atoms with Crippen molar-refractivity contribution in [1.82, 2.24) is 5.32 Å². The number of benzene rings is 5. The molecule has 1 unspecified atom stereocenters. The number of alkyl halides is 3. The number of rotatable bonds is 9. The van der Waals surface area contributed by atoms with Crippen LogP contribution in [-0.4, -0.2) is 23.0 Å². The number of carbonyl (C=O) groups excluding carboxylic acids is 1. The summed E-state index contributed by atoms with van der Waals surface area (Å²) in [7, 11) is 0. The van der Waals surface area contributed by atoms with Crippen LogP contribution < -0.4 is 10.6 Å². The number of aliphatic carboxylic acids is 1. The van der Waals surface area contributed by atoms with Gasteiger partial charge in [0.1, 0.15) is 6.04 Å². The lowest BCUT2D eigenvalue weighted by Crippen LogP contribution is -2.42. The highest BCUT2D eigenvalue weighted by Gasteiger charge is 2.30. The van der Waals surface area contributed by atoms with Crippen molar-refractivity contribution in [3.05, 3.63) is 136 Å². The Kier molecular flexibility index (Phi) is 8.68. The van der Waals surface area contributed by atoms with E-state index < -0.39 is 29.7 Å². The van der Waals surface area contributed by atoms with Crippen LogP contribution in [0.25, 0.3) is 21.9 Å². The fraction of sp³-hybridized carbons (Fsp3) is 0.118. The van der Waals surface area contributed by atoms with E-state index in [1.165, 1.54) is 18.2 Å². The molecular formula is C34H26ClF3N2O3. The first-order valence-electron chi connectivity index (χ1n) is 13.4. The van der Waals surface area contributed by atoms with Crippen LogP contribution in [0.2, 0.25) is 5.02 Å². The Hall–Kier alpha value is -4.82. The molecule has 218 valence electrons. The maximum atomic E-state index is 13.3. The zero-order valence-corrected chi connectivity index (χ0v) is 23.4. The molecule has 5 aromatic carbocycles. The van der Waals surface area contributed by atoms with Gasteiger partial charge in [0.25, 0.3) is 5.91 Å². The molecule has 5 aromatic rings. The van der Waals surface area contributed by atoms with Gasteiger partial charge in [0, 0.05) is 23.7 Å². The molecule has 1 atom stereocenters. The second-order valence-corrected chi connectivity index (χ2v) is 10.5. The number of amides is 1. The number of nitrogens with one attached hydrogen (secondary N) is 2. The molecule has 0 saturated heterocycles. The second kappa shape index (κ2) is 12.6. The predicted molar refractivity (Wildman–Crippen MR) is 162 cm³/mol. The summed E-state index contributed by atoms with van der Waals surface area (Å²) in [6, 6.07) is 29.1. The van der Waals surface area contributed by atoms with Crippen LogP contribution in [0.4, 0.5) is 18.9 Å². The van der Waals surface area contributed by atoms with Crippen LogP contribution >= 0.6 is 11.6 Å². The monoisotopic (exact) mass is 602 g/mol. The second-order valence-electron chi connectivity index (χ2n) is 10.0. The summed E-state index contributed by atoms with van der Waals surface area (Å²) in [5.74, 6) is -1.82. The number of hydrogen-bond acceptors (Lipinski definition) is 3. The van der Waals surface area contributed by atoms with Crippen LogP contribution in [0.3, 0.4) is 0 Å². The van der Waals surface area contributed by atoms with Gasteiger partial charge in [-0.1, -0.05) is 90.5 Å². The first kappa shape index (κ1) is 29.7. The van der Waals surface area contributed by atoms with E-state index in [0.29, 0.717) is 33.9 Å². The van der Waals surface area contributed by atoms with Gasteiger partial charge < -0.3 is 15.7 Å². The number of fused-ring (bicyclic) bond motifs is 1. The summed E-state index contributed by atoms with van der Waals surface area (Å²) in [4.78, 5) is 25.4. The summed E-state index contributed by atoms with van der Waals surface area (Å²) in [5.41, 5.74) is 2.89. The zero-order valence-electron chi connectivity index (χ0n) is 22.7. The van der Waals surface area contributed by atoms with Crippen LogP contribution in [0.15, 0.2) is 109 Å². The van der Waals surface area contributed by atoms with Crippen molar-refractivity contribution >= 4 is 39.9 Å². The third-order valence-electron chi connectivity index (χ3n) is 7.12. The van der Waals surface area contributed by atoms with Crippen molar-refractivity contribution in [1.29, 1.82) is 0 Å². The average molecular weight is 603 g/mol. The minimum Gasteiger partial charge on any atom is -0.480 e. The van der Waals surface area contributed by atoms with E-state index in [1.54, 1.807) is 36.4 Å². The quantitative estimate of drug-likeness (QED) is 0.159. The van der Waals surface area contributed by atoms with Gasteiger partial charge in [-0.3, -0.25) is 4.79 Å². The summed E-state index contributed by atoms with van der Waals surface area (Å²) in [5, 5.41) is 18.3. The van der Waals surface area contributed by atoms with Crippen molar-refractivity contribution in [2.45, 2.75) is 25.2 Å². The molecule has 0 bridgehead atoms. The van der Waals surface area contributed by atoms with Crippen LogP contribution in [0.1, 0.15) is 27.0 Å². The topological polar surface area (TPSA) is 78.4 Å². The summed E-state index contributed by atoms with van der Waals surface area (Å²) >= 11 is 6.20. The summed E-state index contributed by atoms with van der Waals surface area (Å²) in [6.07, 6.45) is -4.43. The minimum atomic E-state index is -4.42. The number of halogens is 4. The van der Waals surface area contributed by atoms with Gasteiger partial charge in [-0.15, -0.1) is 0 Å². The smallest absolute Gasteiger partial charge is 0.416 e. The van der Waals surface area contributed by atoms with Crippen molar-refractivity contribution in [2.24, 2.45) is 0 Å². The molecule has 5 rings (SSSR count). The van der Waals surface area contributed by atoms with Gasteiger partial charge in [-0.05, 0) is 63.4 Å². The largest absolute Gasteiger partial charge is 0.480 e. The Morgan fingerprint density at radius 2 is 1.47 bits per heavy atom. The Bertz CT molecular complexity index is 1770. The van der Waals surface area contributed by atoms with Gasteiger partial charge in [0.2, 0.25) is 0 Å². The zero-order chi connectivity index (χ0) is 30.6. The molecule has 9 heteroatoms. The van der Waals surface area contributed by atoms with Gasteiger partial charge in [-0.25, -0.2) is 4.79 Å². The first-order chi connectivity index (χ1) is 20.6. The molecule has 0 aliphatic heterocycles. The molecule has 1 amide bonds. The van der Waals surface area contributed by atoms with Crippen LogP contribution in [-0.2, 0) is 23.9 Å². The molecule has 0 spiro atoms. The molecule has 0 radical (unpaired) electrons. The highest BCUT2D eigenvalue weighted by Crippen LogP contribution is 2.31. The standard InChI is InChI=1S/C34H26ClF3N2O3/c35-27-16-17-30(39-20-25-6-3-5-24-4-1-2-7-28(24)25)29(19-27)32(41)40-31(33(42)43)18-21-8-10-22(11-9-21)23-12-14-26(15-13-23)34(36,37)38/h1-17,19,31,39H,18,20H2,(H,40,41)(H,42,43). The molecule has 0 aliphatic carbocycles. The molecule has 0 heterocycles. The minimum absolute atomic E-state index is 0.00625. The van der Waals surface area contributed by atoms with E-state index >= 15 is 0 Å². The molecular weight excluding hydrogens is 577 g/mol. The SMILES string of the molecule is O=C(NC(Cc1ccc(-c2ccc(C(F)(F)F)cc2)cc1)C(=O)O)c1cc(Cl)ccc1NCc1cccc2ccccc12. The molecule has 43 heavy (non-hydrogen) atoms. The van der Waals surface area contributed by atoms with Crippen molar-refractivity contribution in [3.8, 4) is 11.1 Å². The van der Waals surface area contributed by atoms with E-state index in [2.05, 4.69) is 10.6 Å². The molecule has 0 aromatic heterocycles. The highest BCUT2D eigenvalue weighted by atomic mass is 35.5. The molecule has 0 saturated carbocycles. The lowest BCUT2D eigenvalue weighted by Gasteiger charge is -2.18. The third kappa shape index (κ3) is 7.16. The molecule has 3 N–H and O–H groups in total. The number of hydrogen-bond donors (Lipinski definition) is 3. The van der Waals surface area contributed by atoms with Gasteiger partial charge in [-0.2, -0.15) is 13.2 Å². The maximum Gasteiger partial charge on any atom is 0.416 e. The Morgan fingerprint density at radius 3 is 2.14 bits per heavy atom. The lowest BCUT2D eigenvalue weighted by molar-refractivity contribution is -0.139. The molecule has 0 aliphatic rings. The van der Waals surface area contributed by atoms with E-state index in [4.69, 9.17) is 11.6 Å². The predicted octanol–water partition coefficient (Wildman–Crippen LogP) is 8.22. The van der Waals surface area contributed by atoms with Crippen molar-refractivity contribution in [2.75, 3.05) is 5.32 Å². The Balaban J connectivity index is 1.29. The van der Waals surface area contributed by atoms with E-state index in [0.717, 1.165) is 28.5 Å². The fourth-order valence-electron chi connectivity index (χ4n) is 4.85. The normalized spacial score (nSPS) is 12.1.